The molecule has 4 nitrogen and oxygen atoms in total. The molecule has 0 aliphatic carbocycles. The van der Waals surface area contributed by atoms with Crippen LogP contribution in [0, 0.1) is 27.7 Å². The van der Waals surface area contributed by atoms with Gasteiger partial charge in [-0.3, -0.25) is 4.79 Å². The van der Waals surface area contributed by atoms with E-state index in [-0.39, 0.29) is 5.91 Å². The molecule has 3 N–H and O–H groups in total. The van der Waals surface area contributed by atoms with Crippen LogP contribution in [0.15, 0.2) is 36.4 Å². The number of hydrogen-bond acceptors (Lipinski definition) is 1. The maximum Gasteiger partial charge on any atom is 0.279 e. The minimum atomic E-state index is 0.122. The number of aryl methyl sites for hydroxylation is 3. The van der Waals surface area contributed by atoms with E-state index in [1.807, 2.05) is 12.1 Å². The van der Waals surface area contributed by atoms with Gasteiger partial charge >= 0.3 is 0 Å². The molecular weight excluding hydrogens is 334 g/mol. The number of nitrogens with one attached hydrogen (secondary N) is 3. The molecule has 144 valence electrons. The molecule has 0 aromatic heterocycles. The number of benzene rings is 2. The summed E-state index contributed by atoms with van der Waals surface area (Å²) in [5, 5.41) is 3.10. The topological polar surface area (TPSA) is 38.0 Å². The van der Waals surface area contributed by atoms with Gasteiger partial charge in [-0.05, 0) is 44.9 Å². The third-order valence-corrected chi connectivity index (χ3v) is 5.69. The maximum atomic E-state index is 12.5. The molecule has 4 heteroatoms. The van der Waals surface area contributed by atoms with E-state index in [1.54, 1.807) is 4.90 Å². The maximum absolute atomic E-state index is 12.5. The monoisotopic (exact) mass is 367 g/mol. The average Bonchev–Trinajstić information content (AvgIpc) is 2.60. The Bertz CT molecular complexity index is 787. The number of carbonyl (C=O) groups excluding carboxylic acids is 1. The molecule has 1 aliphatic heterocycles. The van der Waals surface area contributed by atoms with Gasteiger partial charge in [0.2, 0.25) is 0 Å². The number of rotatable bonds is 5. The second-order valence-electron chi connectivity index (χ2n) is 8.15. The molecule has 27 heavy (non-hydrogen) atoms. The second kappa shape index (κ2) is 8.68. The molecule has 1 aliphatic rings. The van der Waals surface area contributed by atoms with Gasteiger partial charge < -0.3 is 15.1 Å². The molecule has 0 spiro atoms. The average molecular weight is 368 g/mol. The number of anilines is 1. The van der Waals surface area contributed by atoms with Crippen molar-refractivity contribution in [1.82, 2.24) is 0 Å². The molecule has 0 unspecified atom stereocenters. The number of amides is 1. The highest BCUT2D eigenvalue weighted by atomic mass is 16.2. The van der Waals surface area contributed by atoms with Gasteiger partial charge in [0.05, 0.1) is 0 Å². The summed E-state index contributed by atoms with van der Waals surface area (Å²) in [4.78, 5) is 15.5. The van der Waals surface area contributed by atoms with E-state index in [0.717, 1.165) is 44.0 Å². The Morgan fingerprint density at radius 2 is 1.56 bits per heavy atom. The van der Waals surface area contributed by atoms with Gasteiger partial charge in [0, 0.05) is 11.3 Å². The van der Waals surface area contributed by atoms with Gasteiger partial charge in [0.15, 0.2) is 6.54 Å². The quantitative estimate of drug-likeness (QED) is 0.720. The minimum absolute atomic E-state index is 0.122. The Morgan fingerprint density at radius 3 is 2.22 bits per heavy atom. The zero-order valence-electron chi connectivity index (χ0n) is 17.1. The lowest BCUT2D eigenvalue weighted by Gasteiger charge is -2.29. The van der Waals surface area contributed by atoms with Crippen molar-refractivity contribution < 1.29 is 14.6 Å². The second-order valence-corrected chi connectivity index (χ2v) is 8.15. The summed E-state index contributed by atoms with van der Waals surface area (Å²) in [5.41, 5.74) is 7.43. The first-order valence-corrected chi connectivity index (χ1v) is 10.0. The van der Waals surface area contributed by atoms with Crippen LogP contribution in [0.4, 0.5) is 5.69 Å². The zero-order chi connectivity index (χ0) is 19.4. The standard InChI is InChI=1S/C23H31N3O/c1-17-12-18(2)14-21(13-17)15-25-8-10-26(11-9-25)16-23(27)24-22-7-5-6-19(3)20(22)4/h5-7,12-14H,8-11,15-16H2,1-4H3,(H,24,27)/p+2. The number of quaternary nitrogens is 2. The van der Waals surface area contributed by atoms with E-state index in [2.05, 4.69) is 57.3 Å². The van der Waals surface area contributed by atoms with Gasteiger partial charge in [-0.25, -0.2) is 0 Å². The van der Waals surface area contributed by atoms with Gasteiger partial charge in [0.25, 0.3) is 5.91 Å². The molecule has 0 radical (unpaired) electrons. The summed E-state index contributed by atoms with van der Waals surface area (Å²) >= 11 is 0. The lowest BCUT2D eigenvalue weighted by molar-refractivity contribution is -1.02. The van der Waals surface area contributed by atoms with Crippen molar-refractivity contribution in [3.63, 3.8) is 0 Å². The summed E-state index contributed by atoms with van der Waals surface area (Å²) in [6.45, 7) is 14.5. The van der Waals surface area contributed by atoms with Gasteiger partial charge in [-0.1, -0.05) is 41.5 Å². The van der Waals surface area contributed by atoms with Gasteiger partial charge in [-0.2, -0.15) is 0 Å². The highest BCUT2D eigenvalue weighted by molar-refractivity contribution is 5.92. The lowest BCUT2D eigenvalue weighted by atomic mass is 10.1. The molecule has 1 heterocycles. The minimum Gasteiger partial charge on any atom is -0.322 e. The van der Waals surface area contributed by atoms with E-state index < -0.39 is 0 Å². The third kappa shape index (κ3) is 5.41. The van der Waals surface area contributed by atoms with Crippen molar-refractivity contribution in [2.75, 3.05) is 38.0 Å². The van der Waals surface area contributed by atoms with Crippen LogP contribution >= 0.6 is 0 Å². The number of carbonyl (C=O) groups is 1. The van der Waals surface area contributed by atoms with E-state index in [4.69, 9.17) is 0 Å². The van der Waals surface area contributed by atoms with Gasteiger partial charge in [-0.15, -0.1) is 0 Å². The van der Waals surface area contributed by atoms with E-state index in [0.29, 0.717) is 6.54 Å². The Kier molecular flexibility index (Phi) is 6.30. The Balaban J connectivity index is 1.47. The third-order valence-electron chi connectivity index (χ3n) is 5.69. The fraction of sp³-hybridized carbons (Fsp3) is 0.435. The number of piperazine rings is 1. The van der Waals surface area contributed by atoms with Crippen molar-refractivity contribution in [2.45, 2.75) is 34.2 Å². The van der Waals surface area contributed by atoms with E-state index in [9.17, 15) is 4.79 Å². The SMILES string of the molecule is Cc1cc(C)cc(C[NH+]2CC[NH+](CC(=O)Nc3cccc(C)c3C)CC2)c1. The highest BCUT2D eigenvalue weighted by Crippen LogP contribution is 2.17. The first-order chi connectivity index (χ1) is 12.9. The van der Waals surface area contributed by atoms with Crippen molar-refractivity contribution in [1.29, 1.82) is 0 Å². The molecule has 0 bridgehead atoms. The number of hydrogen-bond donors (Lipinski definition) is 3. The fourth-order valence-corrected chi connectivity index (χ4v) is 4.08. The van der Waals surface area contributed by atoms with E-state index >= 15 is 0 Å². The first-order valence-electron chi connectivity index (χ1n) is 10.0. The summed E-state index contributed by atoms with van der Waals surface area (Å²) < 4.78 is 0. The molecule has 0 atom stereocenters. The normalized spacial score (nSPS) is 19.7. The molecule has 2 aromatic carbocycles. The predicted octanol–water partition coefficient (Wildman–Crippen LogP) is 0.842. The predicted molar refractivity (Wildman–Crippen MR) is 110 cm³/mol. The van der Waals surface area contributed by atoms with Crippen molar-refractivity contribution in [3.05, 3.63) is 64.2 Å². The Hall–Kier alpha value is -2.17. The van der Waals surface area contributed by atoms with Crippen molar-refractivity contribution in [3.8, 4) is 0 Å². The van der Waals surface area contributed by atoms with Crippen molar-refractivity contribution >= 4 is 11.6 Å². The molecule has 0 saturated carbocycles. The summed E-state index contributed by atoms with van der Waals surface area (Å²) in [5.74, 6) is 0.122. The van der Waals surface area contributed by atoms with Crippen LogP contribution in [0.1, 0.15) is 27.8 Å². The van der Waals surface area contributed by atoms with Crippen LogP contribution in [0.5, 0.6) is 0 Å². The van der Waals surface area contributed by atoms with Crippen LogP contribution in [-0.4, -0.2) is 38.6 Å². The van der Waals surface area contributed by atoms with Gasteiger partial charge in [0.1, 0.15) is 32.7 Å². The van der Waals surface area contributed by atoms with Crippen LogP contribution in [0.3, 0.4) is 0 Å². The highest BCUT2D eigenvalue weighted by Gasteiger charge is 2.25. The molecule has 1 saturated heterocycles. The van der Waals surface area contributed by atoms with Crippen LogP contribution in [-0.2, 0) is 11.3 Å². The van der Waals surface area contributed by atoms with Crippen LogP contribution < -0.4 is 15.1 Å². The summed E-state index contributed by atoms with van der Waals surface area (Å²) in [6.07, 6.45) is 0. The largest absolute Gasteiger partial charge is 0.322 e. The molecule has 2 aromatic rings. The summed E-state index contributed by atoms with van der Waals surface area (Å²) in [6, 6.07) is 12.9. The zero-order valence-corrected chi connectivity index (χ0v) is 17.1. The summed E-state index contributed by atoms with van der Waals surface area (Å²) in [7, 11) is 0. The molecule has 1 fully saturated rings. The first kappa shape index (κ1) is 19.6. The van der Waals surface area contributed by atoms with Crippen molar-refractivity contribution in [2.24, 2.45) is 0 Å². The van der Waals surface area contributed by atoms with Crippen LogP contribution in [0.2, 0.25) is 0 Å². The molecule has 1 amide bonds. The smallest absolute Gasteiger partial charge is 0.279 e. The Morgan fingerprint density at radius 1 is 0.926 bits per heavy atom. The fourth-order valence-electron chi connectivity index (χ4n) is 4.08. The van der Waals surface area contributed by atoms with E-state index in [1.165, 1.54) is 27.2 Å². The molecule has 3 rings (SSSR count). The molecular formula is C23H33N3O+2. The van der Waals surface area contributed by atoms with Crippen LogP contribution in [0.25, 0.3) is 0 Å². The lowest BCUT2D eigenvalue weighted by Crippen LogP contribution is -3.28. The Labute approximate surface area is 163 Å².